The van der Waals surface area contributed by atoms with Gasteiger partial charge in [0.1, 0.15) is 0 Å². The van der Waals surface area contributed by atoms with Crippen LogP contribution in [-0.4, -0.2) is 36.3 Å². The lowest BCUT2D eigenvalue weighted by Crippen LogP contribution is -2.29. The van der Waals surface area contributed by atoms with Crippen LogP contribution in [0.4, 0.5) is 0 Å². The van der Waals surface area contributed by atoms with Gasteiger partial charge in [0, 0.05) is 26.4 Å². The molecule has 0 fully saturated rings. The number of hydrogen-bond acceptors (Lipinski definition) is 6. The van der Waals surface area contributed by atoms with E-state index in [9.17, 15) is 4.79 Å². The molecule has 1 aromatic heterocycles. The van der Waals surface area contributed by atoms with Crippen LogP contribution >= 0.6 is 0 Å². The summed E-state index contributed by atoms with van der Waals surface area (Å²) >= 11 is 0. The lowest BCUT2D eigenvalue weighted by molar-refractivity contribution is -0.142. The lowest BCUT2D eigenvalue weighted by atomic mass is 9.99. The van der Waals surface area contributed by atoms with E-state index in [1.807, 2.05) is 30.3 Å². The second-order valence-electron chi connectivity index (χ2n) is 4.67. The number of benzene rings is 1. The molecule has 0 aliphatic heterocycles. The molecule has 0 aliphatic rings. The van der Waals surface area contributed by atoms with Crippen LogP contribution in [0.1, 0.15) is 23.2 Å². The molecule has 6 heteroatoms. The lowest BCUT2D eigenvalue weighted by Gasteiger charge is -2.15. The number of carbonyl (C=O) groups is 1. The minimum absolute atomic E-state index is 0.246. The van der Waals surface area contributed by atoms with Gasteiger partial charge in [0.05, 0.1) is 13.0 Å². The number of hydrogen-bond donors (Lipinski definition) is 1. The quantitative estimate of drug-likeness (QED) is 0.614. The van der Waals surface area contributed by atoms with Crippen molar-refractivity contribution in [1.29, 1.82) is 0 Å². The minimum atomic E-state index is -0.316. The number of aryl methyl sites for hydroxylation is 1. The highest BCUT2D eigenvalue weighted by atomic mass is 16.5. The molecule has 0 saturated carbocycles. The molecule has 6 nitrogen and oxygen atoms in total. The summed E-state index contributed by atoms with van der Waals surface area (Å²) in [6, 6.07) is 9.59. The smallest absolute Gasteiger partial charge is 0.314 e. The van der Waals surface area contributed by atoms with E-state index in [1.54, 1.807) is 6.92 Å². The van der Waals surface area contributed by atoms with Crippen molar-refractivity contribution in [3.8, 4) is 0 Å². The molecule has 112 valence electrons. The van der Waals surface area contributed by atoms with E-state index in [0.29, 0.717) is 31.2 Å². The summed E-state index contributed by atoms with van der Waals surface area (Å²) in [7, 11) is 1.40. The van der Waals surface area contributed by atoms with Gasteiger partial charge in [-0.2, -0.15) is 4.98 Å². The Morgan fingerprint density at radius 2 is 2.14 bits per heavy atom. The second-order valence-corrected chi connectivity index (χ2v) is 4.67. The first-order valence-electron chi connectivity index (χ1n) is 6.83. The van der Waals surface area contributed by atoms with E-state index in [1.165, 1.54) is 7.11 Å². The third-order valence-electron chi connectivity index (χ3n) is 3.13. The molecular weight excluding hydrogens is 270 g/mol. The molecule has 0 spiro atoms. The van der Waals surface area contributed by atoms with Crippen molar-refractivity contribution in [2.45, 2.75) is 19.3 Å². The third kappa shape index (κ3) is 4.39. The van der Waals surface area contributed by atoms with E-state index in [4.69, 9.17) is 9.26 Å². The molecule has 2 aromatic rings. The monoisotopic (exact) mass is 289 g/mol. The van der Waals surface area contributed by atoms with Crippen LogP contribution < -0.4 is 5.32 Å². The summed E-state index contributed by atoms with van der Waals surface area (Å²) in [5, 5.41) is 7.06. The van der Waals surface area contributed by atoms with E-state index < -0.39 is 0 Å². The number of esters is 1. The molecule has 1 aromatic carbocycles. The maximum Gasteiger partial charge on any atom is 0.314 e. The van der Waals surface area contributed by atoms with Gasteiger partial charge in [-0.1, -0.05) is 35.5 Å². The fraction of sp³-hybridized carbons (Fsp3) is 0.400. The number of methoxy groups -OCH3 is 1. The topological polar surface area (TPSA) is 77.2 Å². The van der Waals surface area contributed by atoms with Crippen molar-refractivity contribution in [2.24, 2.45) is 0 Å². The molecule has 1 unspecified atom stereocenters. The van der Waals surface area contributed by atoms with Gasteiger partial charge in [-0.15, -0.1) is 0 Å². The van der Waals surface area contributed by atoms with E-state index >= 15 is 0 Å². The minimum Gasteiger partial charge on any atom is -0.469 e. The molecule has 0 radical (unpaired) electrons. The third-order valence-corrected chi connectivity index (χ3v) is 3.13. The molecule has 0 bridgehead atoms. The molecule has 1 N–H and O–H groups in total. The van der Waals surface area contributed by atoms with Crippen LogP contribution in [0.3, 0.4) is 0 Å². The van der Waals surface area contributed by atoms with Gasteiger partial charge >= 0.3 is 5.97 Å². The maximum absolute atomic E-state index is 11.9. The average molecular weight is 289 g/mol. The van der Waals surface area contributed by atoms with Gasteiger partial charge in [-0.25, -0.2) is 0 Å². The highest BCUT2D eigenvalue weighted by Crippen LogP contribution is 2.16. The number of rotatable bonds is 7. The van der Waals surface area contributed by atoms with Crippen LogP contribution in [-0.2, 0) is 16.0 Å². The maximum atomic E-state index is 11.9. The van der Waals surface area contributed by atoms with Crippen molar-refractivity contribution < 1.29 is 14.1 Å². The standard InChI is InChI=1S/C15H19N3O3/c1-11-17-14(18-21-11)8-9-16-10-13(15(19)20-2)12-6-4-3-5-7-12/h3-7,13,16H,8-10H2,1-2H3. The van der Waals surface area contributed by atoms with Gasteiger partial charge in [-0.3, -0.25) is 4.79 Å². The van der Waals surface area contributed by atoms with Crippen LogP contribution in [0.5, 0.6) is 0 Å². The summed E-state index contributed by atoms with van der Waals surface area (Å²) in [6.45, 7) is 2.93. The highest BCUT2D eigenvalue weighted by Gasteiger charge is 2.20. The first-order chi connectivity index (χ1) is 10.2. The Labute approximate surface area is 123 Å². The molecule has 21 heavy (non-hydrogen) atoms. The van der Waals surface area contributed by atoms with Gasteiger partial charge < -0.3 is 14.6 Å². The Kier molecular flexibility index (Phi) is 5.45. The van der Waals surface area contributed by atoms with E-state index in [0.717, 1.165) is 5.56 Å². The van der Waals surface area contributed by atoms with Gasteiger partial charge in [-0.05, 0) is 5.56 Å². The predicted octanol–water partition coefficient (Wildman–Crippen LogP) is 1.47. The Hall–Kier alpha value is -2.21. The Morgan fingerprint density at radius 3 is 2.76 bits per heavy atom. The molecular formula is C15H19N3O3. The summed E-state index contributed by atoms with van der Waals surface area (Å²) < 4.78 is 9.77. The summed E-state index contributed by atoms with van der Waals surface area (Å²) in [5.74, 6) is 0.656. The van der Waals surface area contributed by atoms with Crippen LogP contribution in [0.2, 0.25) is 0 Å². The molecule has 1 atom stereocenters. The zero-order valence-corrected chi connectivity index (χ0v) is 12.2. The molecule has 0 aliphatic carbocycles. The number of aromatic nitrogens is 2. The zero-order chi connectivity index (χ0) is 15.1. The molecule has 1 heterocycles. The van der Waals surface area contributed by atoms with Crippen molar-refractivity contribution >= 4 is 5.97 Å². The van der Waals surface area contributed by atoms with Crippen LogP contribution in [0.25, 0.3) is 0 Å². The Balaban J connectivity index is 1.86. The first kappa shape index (κ1) is 15.2. The van der Waals surface area contributed by atoms with Crippen LogP contribution in [0.15, 0.2) is 34.9 Å². The fourth-order valence-electron chi connectivity index (χ4n) is 2.05. The predicted molar refractivity (Wildman–Crippen MR) is 76.8 cm³/mol. The zero-order valence-electron chi connectivity index (χ0n) is 12.2. The Morgan fingerprint density at radius 1 is 1.38 bits per heavy atom. The molecule has 0 amide bonds. The summed E-state index contributed by atoms with van der Waals surface area (Å²) in [6.07, 6.45) is 0.653. The average Bonchev–Trinajstić information content (AvgIpc) is 2.93. The number of nitrogens with zero attached hydrogens (tertiary/aromatic N) is 2. The number of ether oxygens (including phenoxy) is 1. The molecule has 0 saturated heterocycles. The SMILES string of the molecule is COC(=O)C(CNCCc1noc(C)n1)c1ccccc1. The Bertz CT molecular complexity index is 569. The first-order valence-corrected chi connectivity index (χ1v) is 6.83. The fourth-order valence-corrected chi connectivity index (χ4v) is 2.05. The number of carbonyl (C=O) groups excluding carboxylic acids is 1. The molecule has 2 rings (SSSR count). The largest absolute Gasteiger partial charge is 0.469 e. The highest BCUT2D eigenvalue weighted by molar-refractivity contribution is 5.78. The normalized spacial score (nSPS) is 12.1. The van der Waals surface area contributed by atoms with Gasteiger partial charge in [0.15, 0.2) is 5.82 Å². The van der Waals surface area contributed by atoms with Crippen molar-refractivity contribution in [2.75, 3.05) is 20.2 Å². The summed E-state index contributed by atoms with van der Waals surface area (Å²) in [5.41, 5.74) is 0.937. The van der Waals surface area contributed by atoms with Crippen molar-refractivity contribution in [1.82, 2.24) is 15.5 Å². The van der Waals surface area contributed by atoms with Gasteiger partial charge in [0.25, 0.3) is 0 Å². The van der Waals surface area contributed by atoms with Crippen LogP contribution in [0, 0.1) is 6.92 Å². The van der Waals surface area contributed by atoms with E-state index in [2.05, 4.69) is 15.5 Å². The van der Waals surface area contributed by atoms with Crippen molar-refractivity contribution in [3.63, 3.8) is 0 Å². The summed E-state index contributed by atoms with van der Waals surface area (Å²) in [4.78, 5) is 16.0. The van der Waals surface area contributed by atoms with Gasteiger partial charge in [0.2, 0.25) is 5.89 Å². The van der Waals surface area contributed by atoms with E-state index in [-0.39, 0.29) is 11.9 Å². The second kappa shape index (κ2) is 7.54. The van der Waals surface area contributed by atoms with Crippen molar-refractivity contribution in [3.05, 3.63) is 47.6 Å². The number of nitrogens with one attached hydrogen (secondary N) is 1.